The Morgan fingerprint density at radius 3 is 3.00 bits per heavy atom. The topological polar surface area (TPSA) is 0 Å². The molecule has 1 fully saturated rings. The Kier molecular flexibility index (Phi) is 2.02. The first-order chi connectivity index (χ1) is 5.71. The lowest BCUT2D eigenvalue weighted by atomic mass is 9.64. The number of hydrogen-bond acceptors (Lipinski definition) is 0. The molecule has 0 aromatic heterocycles. The lowest BCUT2D eigenvalue weighted by molar-refractivity contribution is 0.245. The molecular formula is C12H20. The summed E-state index contributed by atoms with van der Waals surface area (Å²) >= 11 is 0. The molecule has 0 heterocycles. The molecule has 0 saturated heterocycles. The van der Waals surface area contributed by atoms with Gasteiger partial charge in [-0.15, -0.1) is 0 Å². The number of fused-ring (bicyclic) bond motifs is 1. The Balaban J connectivity index is 2.23. The van der Waals surface area contributed by atoms with E-state index < -0.39 is 0 Å². The van der Waals surface area contributed by atoms with Crippen LogP contribution >= 0.6 is 0 Å². The van der Waals surface area contributed by atoms with Gasteiger partial charge in [0.25, 0.3) is 0 Å². The number of hydrogen-bond donors (Lipinski definition) is 0. The van der Waals surface area contributed by atoms with Crippen LogP contribution in [-0.2, 0) is 0 Å². The smallest absolute Gasteiger partial charge is 0.0116 e. The van der Waals surface area contributed by atoms with Crippen LogP contribution in [0.25, 0.3) is 0 Å². The van der Waals surface area contributed by atoms with E-state index in [0.717, 1.165) is 5.92 Å². The number of allylic oxidation sites excluding steroid dienone is 2. The van der Waals surface area contributed by atoms with Crippen molar-refractivity contribution >= 4 is 0 Å². The van der Waals surface area contributed by atoms with Crippen LogP contribution in [-0.4, -0.2) is 0 Å². The standard InChI is InChI=1S/C12H20/c1-10-6-8-12(2)7-4-3-5-11(12)9-10/h9-10H,3-8H2,1-2H3/t10-,12?/m0/s1. The van der Waals surface area contributed by atoms with Gasteiger partial charge in [-0.25, -0.2) is 0 Å². The molecule has 1 unspecified atom stereocenters. The Morgan fingerprint density at radius 1 is 1.33 bits per heavy atom. The fourth-order valence-electron chi connectivity index (χ4n) is 2.84. The van der Waals surface area contributed by atoms with E-state index in [-0.39, 0.29) is 0 Å². The molecule has 0 aliphatic heterocycles. The van der Waals surface area contributed by atoms with E-state index in [1.54, 1.807) is 5.57 Å². The van der Waals surface area contributed by atoms with Gasteiger partial charge in [-0.05, 0) is 43.4 Å². The van der Waals surface area contributed by atoms with Gasteiger partial charge in [-0.3, -0.25) is 0 Å². The molecule has 0 N–H and O–H groups in total. The lowest BCUT2D eigenvalue weighted by Gasteiger charge is -2.41. The van der Waals surface area contributed by atoms with E-state index in [0.29, 0.717) is 5.41 Å². The predicted molar refractivity (Wildman–Crippen MR) is 53.1 cm³/mol. The summed E-state index contributed by atoms with van der Waals surface area (Å²) in [5, 5.41) is 0. The first-order valence-corrected chi connectivity index (χ1v) is 5.42. The van der Waals surface area contributed by atoms with Crippen LogP contribution in [0.1, 0.15) is 52.4 Å². The van der Waals surface area contributed by atoms with E-state index >= 15 is 0 Å². The average Bonchev–Trinajstić information content (AvgIpc) is 2.06. The van der Waals surface area contributed by atoms with Crippen molar-refractivity contribution in [2.75, 3.05) is 0 Å². The van der Waals surface area contributed by atoms with Gasteiger partial charge in [0.2, 0.25) is 0 Å². The SMILES string of the molecule is C[C@@H]1C=C2CCCCC2(C)CC1. The second-order valence-corrected chi connectivity index (χ2v) is 4.98. The van der Waals surface area contributed by atoms with Gasteiger partial charge in [0.15, 0.2) is 0 Å². The maximum absolute atomic E-state index is 2.56. The van der Waals surface area contributed by atoms with E-state index in [1.807, 2.05) is 0 Å². The molecule has 0 aromatic carbocycles. The van der Waals surface area contributed by atoms with Gasteiger partial charge in [-0.1, -0.05) is 31.9 Å². The summed E-state index contributed by atoms with van der Waals surface area (Å²) < 4.78 is 0. The Hall–Kier alpha value is -0.260. The molecule has 0 spiro atoms. The van der Waals surface area contributed by atoms with Crippen molar-refractivity contribution in [3.63, 3.8) is 0 Å². The highest BCUT2D eigenvalue weighted by atomic mass is 14.4. The molecule has 0 bridgehead atoms. The Bertz CT molecular complexity index is 202. The van der Waals surface area contributed by atoms with Crippen LogP contribution in [0, 0.1) is 11.3 Å². The number of rotatable bonds is 0. The third kappa shape index (κ3) is 1.32. The zero-order chi connectivity index (χ0) is 8.60. The lowest BCUT2D eigenvalue weighted by Crippen LogP contribution is -2.27. The van der Waals surface area contributed by atoms with Gasteiger partial charge in [0, 0.05) is 0 Å². The second kappa shape index (κ2) is 2.90. The summed E-state index contributed by atoms with van der Waals surface area (Å²) in [4.78, 5) is 0. The second-order valence-electron chi connectivity index (χ2n) is 4.98. The Labute approximate surface area is 76.1 Å². The Morgan fingerprint density at radius 2 is 2.17 bits per heavy atom. The van der Waals surface area contributed by atoms with E-state index in [1.165, 1.54) is 38.5 Å². The summed E-state index contributed by atoms with van der Waals surface area (Å²) in [7, 11) is 0. The molecule has 2 atom stereocenters. The fourth-order valence-corrected chi connectivity index (χ4v) is 2.84. The molecule has 1 saturated carbocycles. The van der Waals surface area contributed by atoms with E-state index in [2.05, 4.69) is 19.9 Å². The normalized spacial score (nSPS) is 41.8. The van der Waals surface area contributed by atoms with Crippen molar-refractivity contribution in [3.05, 3.63) is 11.6 Å². The van der Waals surface area contributed by atoms with Crippen LogP contribution in [0.5, 0.6) is 0 Å². The zero-order valence-electron chi connectivity index (χ0n) is 8.40. The molecule has 2 aliphatic carbocycles. The van der Waals surface area contributed by atoms with Gasteiger partial charge in [0.1, 0.15) is 0 Å². The molecule has 0 radical (unpaired) electrons. The predicted octanol–water partition coefficient (Wildman–Crippen LogP) is 3.92. The highest BCUT2D eigenvalue weighted by Gasteiger charge is 2.33. The maximum atomic E-state index is 2.56. The van der Waals surface area contributed by atoms with Crippen LogP contribution < -0.4 is 0 Å². The maximum Gasteiger partial charge on any atom is -0.0116 e. The van der Waals surface area contributed by atoms with Crippen molar-refractivity contribution in [2.24, 2.45) is 11.3 Å². The largest absolute Gasteiger partial charge is 0.0819 e. The third-order valence-corrected chi connectivity index (χ3v) is 3.84. The van der Waals surface area contributed by atoms with E-state index in [4.69, 9.17) is 0 Å². The highest BCUT2D eigenvalue weighted by molar-refractivity contribution is 5.19. The first-order valence-electron chi connectivity index (χ1n) is 5.42. The monoisotopic (exact) mass is 164 g/mol. The van der Waals surface area contributed by atoms with Crippen LogP contribution in [0.15, 0.2) is 11.6 Å². The van der Waals surface area contributed by atoms with Gasteiger partial charge in [0.05, 0.1) is 0 Å². The molecule has 2 aliphatic rings. The summed E-state index contributed by atoms with van der Waals surface area (Å²) in [5.41, 5.74) is 2.40. The van der Waals surface area contributed by atoms with Crippen LogP contribution in [0.2, 0.25) is 0 Å². The van der Waals surface area contributed by atoms with Crippen molar-refractivity contribution in [1.82, 2.24) is 0 Å². The molecule has 0 amide bonds. The molecule has 0 nitrogen and oxygen atoms in total. The zero-order valence-corrected chi connectivity index (χ0v) is 8.40. The van der Waals surface area contributed by atoms with Crippen molar-refractivity contribution in [2.45, 2.75) is 52.4 Å². The average molecular weight is 164 g/mol. The molecule has 68 valence electrons. The minimum absolute atomic E-state index is 0.616. The van der Waals surface area contributed by atoms with Crippen LogP contribution in [0.4, 0.5) is 0 Å². The molecule has 0 heteroatoms. The fraction of sp³-hybridized carbons (Fsp3) is 0.833. The minimum Gasteiger partial charge on any atom is -0.0819 e. The molecule has 0 aromatic rings. The first kappa shape index (κ1) is 8.34. The molecule has 12 heavy (non-hydrogen) atoms. The highest BCUT2D eigenvalue weighted by Crippen LogP contribution is 2.47. The summed E-state index contributed by atoms with van der Waals surface area (Å²) in [6.45, 7) is 4.84. The van der Waals surface area contributed by atoms with Gasteiger partial charge in [-0.2, -0.15) is 0 Å². The van der Waals surface area contributed by atoms with Gasteiger partial charge < -0.3 is 0 Å². The van der Waals surface area contributed by atoms with Gasteiger partial charge >= 0.3 is 0 Å². The molecule has 2 rings (SSSR count). The quantitative estimate of drug-likeness (QED) is 0.476. The van der Waals surface area contributed by atoms with Crippen molar-refractivity contribution in [3.8, 4) is 0 Å². The third-order valence-electron chi connectivity index (χ3n) is 3.84. The summed E-state index contributed by atoms with van der Waals surface area (Å²) in [6.07, 6.45) is 11.2. The summed E-state index contributed by atoms with van der Waals surface area (Å²) in [6, 6.07) is 0. The van der Waals surface area contributed by atoms with Crippen molar-refractivity contribution < 1.29 is 0 Å². The van der Waals surface area contributed by atoms with E-state index in [9.17, 15) is 0 Å². The molecular weight excluding hydrogens is 144 g/mol. The van der Waals surface area contributed by atoms with Crippen LogP contribution in [0.3, 0.4) is 0 Å². The summed E-state index contributed by atoms with van der Waals surface area (Å²) in [5.74, 6) is 0.853. The minimum atomic E-state index is 0.616. The van der Waals surface area contributed by atoms with Crippen molar-refractivity contribution in [1.29, 1.82) is 0 Å².